The first-order valence-corrected chi connectivity index (χ1v) is 5.85. The number of hydrogen-bond donors (Lipinski definition) is 0. The highest BCUT2D eigenvalue weighted by atomic mass is 14.7. The van der Waals surface area contributed by atoms with Crippen molar-refractivity contribution in [2.24, 2.45) is 0 Å². The van der Waals surface area contributed by atoms with Gasteiger partial charge in [0.15, 0.2) is 0 Å². The third-order valence-electron chi connectivity index (χ3n) is 3.78. The number of aryl methyl sites for hydroxylation is 4. The molecule has 4 rings (SSSR count). The van der Waals surface area contributed by atoms with Gasteiger partial charge in [0, 0.05) is 24.8 Å². The van der Waals surface area contributed by atoms with Crippen molar-refractivity contribution >= 4 is 0 Å². The molecule has 0 amide bonds. The summed E-state index contributed by atoms with van der Waals surface area (Å²) in [5.41, 5.74) is 8.66. The second kappa shape index (κ2) is 2.91. The smallest absolute Gasteiger partial charge is 0.0306 e. The molecule has 78 valence electrons. The molecule has 2 aromatic rings. The molecular formula is C14H12N2. The number of pyridine rings is 2. The summed E-state index contributed by atoms with van der Waals surface area (Å²) in [7, 11) is 0. The minimum Gasteiger partial charge on any atom is -0.264 e. The lowest BCUT2D eigenvalue weighted by Crippen LogP contribution is -2.14. The molecule has 0 fully saturated rings. The zero-order chi connectivity index (χ0) is 10.5. The molecule has 0 saturated heterocycles. The predicted octanol–water partition coefficient (Wildman–Crippen LogP) is 2.34. The lowest BCUT2D eigenvalue weighted by atomic mass is 9.78. The van der Waals surface area contributed by atoms with Crippen LogP contribution in [-0.2, 0) is 25.7 Å². The molecule has 0 unspecified atom stereocenters. The third kappa shape index (κ3) is 0.967. The van der Waals surface area contributed by atoms with E-state index in [-0.39, 0.29) is 0 Å². The maximum absolute atomic E-state index is 4.36. The van der Waals surface area contributed by atoms with Crippen LogP contribution in [0.1, 0.15) is 22.3 Å². The highest BCUT2D eigenvalue weighted by Gasteiger charge is 2.25. The SMILES string of the molecule is c1ncc2c3c1CCc1cncc(c1-3)CC2. The Morgan fingerprint density at radius 1 is 0.562 bits per heavy atom. The minimum absolute atomic E-state index is 1.12. The van der Waals surface area contributed by atoms with Crippen LogP contribution < -0.4 is 0 Å². The fourth-order valence-electron chi connectivity index (χ4n) is 3.04. The van der Waals surface area contributed by atoms with Crippen LogP contribution in [0.2, 0.25) is 0 Å². The van der Waals surface area contributed by atoms with Gasteiger partial charge < -0.3 is 0 Å². The maximum atomic E-state index is 4.36. The Morgan fingerprint density at radius 2 is 0.875 bits per heavy atom. The van der Waals surface area contributed by atoms with Crippen LogP contribution in [0.5, 0.6) is 0 Å². The van der Waals surface area contributed by atoms with E-state index < -0.39 is 0 Å². The van der Waals surface area contributed by atoms with Crippen molar-refractivity contribution in [3.63, 3.8) is 0 Å². The summed E-state index contributed by atoms with van der Waals surface area (Å²) in [6.45, 7) is 0. The standard InChI is InChI=1S/C14H12N2/c1-2-10-6-16-8-12-4-3-11-7-15-5-9(1)13(11)14(10)12/h5-8H,1-4H2. The molecule has 2 heteroatoms. The largest absolute Gasteiger partial charge is 0.264 e. The Morgan fingerprint density at radius 3 is 1.19 bits per heavy atom. The molecule has 0 bridgehead atoms. The van der Waals surface area contributed by atoms with Crippen LogP contribution in [0.25, 0.3) is 11.1 Å². The van der Waals surface area contributed by atoms with Crippen molar-refractivity contribution in [3.05, 3.63) is 47.0 Å². The van der Waals surface area contributed by atoms with Crippen LogP contribution in [0, 0.1) is 0 Å². The van der Waals surface area contributed by atoms with Crippen molar-refractivity contribution in [1.82, 2.24) is 9.97 Å². The molecule has 0 radical (unpaired) electrons. The Bertz CT molecular complexity index is 489. The first kappa shape index (κ1) is 8.45. The summed E-state index contributed by atoms with van der Waals surface area (Å²) in [6.07, 6.45) is 12.6. The molecule has 2 heterocycles. The average molecular weight is 208 g/mol. The van der Waals surface area contributed by atoms with E-state index in [0.29, 0.717) is 0 Å². The number of hydrogen-bond acceptors (Lipinski definition) is 2. The topological polar surface area (TPSA) is 25.8 Å². The summed E-state index contributed by atoms with van der Waals surface area (Å²) in [5.74, 6) is 0. The van der Waals surface area contributed by atoms with Crippen LogP contribution >= 0.6 is 0 Å². The van der Waals surface area contributed by atoms with Crippen molar-refractivity contribution in [1.29, 1.82) is 0 Å². The van der Waals surface area contributed by atoms with Crippen molar-refractivity contribution < 1.29 is 0 Å². The molecule has 0 aliphatic heterocycles. The van der Waals surface area contributed by atoms with E-state index in [1.54, 1.807) is 0 Å². The average Bonchev–Trinajstić information content (AvgIpc) is 2.36. The van der Waals surface area contributed by atoms with E-state index in [9.17, 15) is 0 Å². The Labute approximate surface area is 94.4 Å². The van der Waals surface area contributed by atoms with E-state index in [2.05, 4.69) is 9.97 Å². The quantitative estimate of drug-likeness (QED) is 0.664. The van der Waals surface area contributed by atoms with Gasteiger partial charge in [-0.25, -0.2) is 0 Å². The van der Waals surface area contributed by atoms with Gasteiger partial charge in [0.25, 0.3) is 0 Å². The summed E-state index contributed by atoms with van der Waals surface area (Å²) in [4.78, 5) is 8.71. The zero-order valence-corrected chi connectivity index (χ0v) is 9.03. The molecule has 2 aliphatic rings. The van der Waals surface area contributed by atoms with Gasteiger partial charge in [0.05, 0.1) is 0 Å². The molecule has 0 saturated carbocycles. The molecule has 2 aliphatic carbocycles. The maximum Gasteiger partial charge on any atom is 0.0306 e. The van der Waals surface area contributed by atoms with Gasteiger partial charge in [-0.05, 0) is 59.1 Å². The molecule has 0 N–H and O–H groups in total. The Kier molecular flexibility index (Phi) is 1.54. The third-order valence-corrected chi connectivity index (χ3v) is 3.78. The van der Waals surface area contributed by atoms with Crippen molar-refractivity contribution in [3.8, 4) is 11.1 Å². The molecule has 0 atom stereocenters. The fraction of sp³-hybridized carbons (Fsp3) is 0.286. The summed E-state index contributed by atoms with van der Waals surface area (Å²) >= 11 is 0. The van der Waals surface area contributed by atoms with Gasteiger partial charge in [0.1, 0.15) is 0 Å². The predicted molar refractivity (Wildman–Crippen MR) is 62.3 cm³/mol. The van der Waals surface area contributed by atoms with Gasteiger partial charge in [-0.3, -0.25) is 9.97 Å². The van der Waals surface area contributed by atoms with E-state index in [4.69, 9.17) is 0 Å². The monoisotopic (exact) mass is 208 g/mol. The van der Waals surface area contributed by atoms with Crippen LogP contribution in [-0.4, -0.2) is 9.97 Å². The first-order valence-electron chi connectivity index (χ1n) is 5.85. The van der Waals surface area contributed by atoms with Gasteiger partial charge in [-0.15, -0.1) is 0 Å². The van der Waals surface area contributed by atoms with Gasteiger partial charge in [-0.1, -0.05) is 0 Å². The summed E-state index contributed by atoms with van der Waals surface area (Å²) < 4.78 is 0. The summed E-state index contributed by atoms with van der Waals surface area (Å²) in [6, 6.07) is 0. The van der Waals surface area contributed by atoms with Crippen LogP contribution in [0.3, 0.4) is 0 Å². The number of nitrogens with zero attached hydrogens (tertiary/aromatic N) is 2. The highest BCUT2D eigenvalue weighted by molar-refractivity contribution is 5.79. The lowest BCUT2D eigenvalue weighted by Gasteiger charge is -2.27. The summed E-state index contributed by atoms with van der Waals surface area (Å²) in [5, 5.41) is 0. The number of rotatable bonds is 0. The highest BCUT2D eigenvalue weighted by Crippen LogP contribution is 2.40. The Hall–Kier alpha value is -1.70. The molecule has 2 nitrogen and oxygen atoms in total. The fourth-order valence-corrected chi connectivity index (χ4v) is 3.04. The minimum atomic E-state index is 1.12. The van der Waals surface area contributed by atoms with E-state index in [0.717, 1.165) is 25.7 Å². The first-order chi connectivity index (χ1) is 7.93. The molecule has 2 aromatic heterocycles. The molecular weight excluding hydrogens is 196 g/mol. The van der Waals surface area contributed by atoms with Crippen LogP contribution in [0.4, 0.5) is 0 Å². The molecule has 16 heavy (non-hydrogen) atoms. The van der Waals surface area contributed by atoms with Crippen molar-refractivity contribution in [2.45, 2.75) is 25.7 Å². The molecule has 0 spiro atoms. The van der Waals surface area contributed by atoms with Crippen LogP contribution in [0.15, 0.2) is 24.8 Å². The van der Waals surface area contributed by atoms with E-state index >= 15 is 0 Å². The van der Waals surface area contributed by atoms with E-state index in [1.165, 1.54) is 33.4 Å². The van der Waals surface area contributed by atoms with E-state index in [1.807, 2.05) is 24.8 Å². The second-order valence-corrected chi connectivity index (χ2v) is 4.67. The van der Waals surface area contributed by atoms with Crippen molar-refractivity contribution in [2.75, 3.05) is 0 Å². The number of aromatic nitrogens is 2. The molecule has 0 aromatic carbocycles. The lowest BCUT2D eigenvalue weighted by molar-refractivity contribution is 0.852. The normalized spacial score (nSPS) is 15.8. The van der Waals surface area contributed by atoms with Gasteiger partial charge in [0.2, 0.25) is 0 Å². The zero-order valence-electron chi connectivity index (χ0n) is 9.03. The van der Waals surface area contributed by atoms with Gasteiger partial charge >= 0.3 is 0 Å². The Balaban J connectivity index is 2.15. The second-order valence-electron chi connectivity index (χ2n) is 4.67. The van der Waals surface area contributed by atoms with Gasteiger partial charge in [-0.2, -0.15) is 0 Å².